The summed E-state index contributed by atoms with van der Waals surface area (Å²) in [5.74, 6) is -1.08. The fourth-order valence-electron chi connectivity index (χ4n) is 0. The van der Waals surface area contributed by atoms with Crippen molar-refractivity contribution in [2.24, 2.45) is 0 Å². The zero-order chi connectivity index (χ0) is 3.58. The molecule has 0 spiro atoms. The third-order valence-electron chi connectivity index (χ3n) is 0. The van der Waals surface area contributed by atoms with E-state index in [2.05, 4.69) is 0 Å². The van der Waals surface area contributed by atoms with Crippen molar-refractivity contribution < 1.29 is 31.1 Å². The summed E-state index contributed by atoms with van der Waals surface area (Å²) in [6, 6.07) is 0. The van der Waals surface area contributed by atoms with Crippen molar-refractivity contribution in [3.05, 3.63) is 0 Å². The van der Waals surface area contributed by atoms with E-state index >= 15 is 0 Å². The second-order valence-corrected chi connectivity index (χ2v) is 0.492. The smallest absolute Gasteiger partial charge is 1.00 e. The first-order chi connectivity index (χ1) is 1.73. The molecule has 40 valence electrons. The van der Waals surface area contributed by atoms with Crippen LogP contribution in [0.3, 0.4) is 0 Å². The molecule has 0 aliphatic heterocycles. The Kier molecular flexibility index (Phi) is 24.9. The maximum Gasteiger partial charge on any atom is 2.00 e. The SMILES string of the molecule is CC(=O)[O-].[F-].[Ni+2]. The molecule has 0 rings (SSSR count). The summed E-state index contributed by atoms with van der Waals surface area (Å²) in [5, 5.41) is 8.89. The minimum absolute atomic E-state index is 0. The number of rotatable bonds is 0. The molecule has 6 heavy (non-hydrogen) atoms. The number of hydrogen-bond acceptors (Lipinski definition) is 2. The van der Waals surface area contributed by atoms with Gasteiger partial charge >= 0.3 is 16.5 Å². The Balaban J connectivity index is -0.0000000450. The predicted octanol–water partition coefficient (Wildman–Crippen LogP) is -4.24. The van der Waals surface area contributed by atoms with Gasteiger partial charge in [-0.2, -0.15) is 0 Å². The van der Waals surface area contributed by atoms with E-state index < -0.39 is 5.97 Å². The van der Waals surface area contributed by atoms with Crippen molar-refractivity contribution in [2.45, 2.75) is 6.92 Å². The van der Waals surface area contributed by atoms with Gasteiger partial charge in [0.15, 0.2) is 0 Å². The van der Waals surface area contributed by atoms with E-state index in [0.717, 1.165) is 6.92 Å². The Morgan fingerprint density at radius 2 is 1.67 bits per heavy atom. The first-order valence-corrected chi connectivity index (χ1v) is 0.908. The third kappa shape index (κ3) is 2870. The van der Waals surface area contributed by atoms with E-state index in [1.807, 2.05) is 0 Å². The van der Waals surface area contributed by atoms with Crippen molar-refractivity contribution in [1.29, 1.82) is 0 Å². The van der Waals surface area contributed by atoms with Crippen LogP contribution in [0.2, 0.25) is 0 Å². The van der Waals surface area contributed by atoms with E-state index in [9.17, 15) is 0 Å². The van der Waals surface area contributed by atoms with Crippen LogP contribution in [-0.2, 0) is 21.3 Å². The van der Waals surface area contributed by atoms with Gasteiger partial charge < -0.3 is 14.6 Å². The van der Waals surface area contributed by atoms with Gasteiger partial charge in [-0.15, -0.1) is 0 Å². The van der Waals surface area contributed by atoms with Crippen LogP contribution in [0.5, 0.6) is 0 Å². The second-order valence-electron chi connectivity index (χ2n) is 0.492. The van der Waals surface area contributed by atoms with Crippen LogP contribution < -0.4 is 9.81 Å². The number of aliphatic carboxylic acids is 1. The molecule has 0 aromatic carbocycles. The molecule has 0 unspecified atom stereocenters. The first kappa shape index (κ1) is 16.9. The quantitative estimate of drug-likeness (QED) is 0.317. The number of carboxylic acids is 1. The van der Waals surface area contributed by atoms with Gasteiger partial charge in [-0.05, 0) is 6.92 Å². The number of halogens is 1. The van der Waals surface area contributed by atoms with E-state index in [1.54, 1.807) is 0 Å². The zero-order valence-corrected chi connectivity index (χ0v) is 4.00. The van der Waals surface area contributed by atoms with Crippen molar-refractivity contribution >= 4 is 5.97 Å². The molecule has 0 saturated carbocycles. The molecule has 0 aliphatic carbocycles. The fraction of sp³-hybridized carbons (Fsp3) is 0.500. The molecule has 0 bridgehead atoms. The monoisotopic (exact) mass is 136 g/mol. The van der Waals surface area contributed by atoms with Gasteiger partial charge in [-0.1, -0.05) is 0 Å². The molecule has 0 N–H and O–H groups in total. The molecule has 0 heterocycles. The van der Waals surface area contributed by atoms with Gasteiger partial charge in [0, 0.05) is 5.97 Å². The van der Waals surface area contributed by atoms with Crippen LogP contribution in [0.25, 0.3) is 0 Å². The molecule has 2 nitrogen and oxygen atoms in total. The molecule has 0 aromatic rings. The van der Waals surface area contributed by atoms with Crippen molar-refractivity contribution in [2.75, 3.05) is 0 Å². The molecule has 0 fully saturated rings. The summed E-state index contributed by atoms with van der Waals surface area (Å²) in [5.41, 5.74) is 0. The molecule has 0 amide bonds. The minimum Gasteiger partial charge on any atom is -1.00 e. The number of carbonyl (C=O) groups is 1. The van der Waals surface area contributed by atoms with Crippen LogP contribution in [-0.4, -0.2) is 5.97 Å². The summed E-state index contributed by atoms with van der Waals surface area (Å²) >= 11 is 0. The van der Waals surface area contributed by atoms with E-state index in [4.69, 9.17) is 9.90 Å². The van der Waals surface area contributed by atoms with Gasteiger partial charge in [-0.3, -0.25) is 0 Å². The number of hydrogen-bond donors (Lipinski definition) is 0. The largest absolute Gasteiger partial charge is 2.00 e. The topological polar surface area (TPSA) is 40.1 Å². The van der Waals surface area contributed by atoms with Gasteiger partial charge in [-0.25, -0.2) is 0 Å². The van der Waals surface area contributed by atoms with Gasteiger partial charge in [0.2, 0.25) is 0 Å². The fourth-order valence-corrected chi connectivity index (χ4v) is 0. The van der Waals surface area contributed by atoms with E-state index in [1.165, 1.54) is 0 Å². The molecule has 4 heteroatoms. The summed E-state index contributed by atoms with van der Waals surface area (Å²) < 4.78 is 0. The van der Waals surface area contributed by atoms with Crippen molar-refractivity contribution in [3.63, 3.8) is 0 Å². The Hall–Kier alpha value is -0.106. The Morgan fingerprint density at radius 3 is 1.67 bits per heavy atom. The first-order valence-electron chi connectivity index (χ1n) is 0.908. The summed E-state index contributed by atoms with van der Waals surface area (Å²) in [7, 11) is 0. The van der Waals surface area contributed by atoms with Crippen LogP contribution in [0.15, 0.2) is 0 Å². The van der Waals surface area contributed by atoms with E-state index in [0.29, 0.717) is 0 Å². The maximum atomic E-state index is 8.89. The number of carbonyl (C=O) groups excluding carboxylic acids is 1. The van der Waals surface area contributed by atoms with Crippen molar-refractivity contribution in [1.82, 2.24) is 0 Å². The molecular weight excluding hydrogens is 134 g/mol. The molecule has 0 saturated heterocycles. The predicted molar refractivity (Wildman–Crippen MR) is 10.7 cm³/mol. The zero-order valence-electron chi connectivity index (χ0n) is 3.01. The maximum absolute atomic E-state index is 8.89. The van der Waals surface area contributed by atoms with Crippen LogP contribution in [0.4, 0.5) is 0 Å². The van der Waals surface area contributed by atoms with Crippen LogP contribution in [0, 0.1) is 0 Å². The Morgan fingerprint density at radius 1 is 1.67 bits per heavy atom. The normalized spacial score (nSPS) is 4.17. The van der Waals surface area contributed by atoms with Gasteiger partial charge in [0.25, 0.3) is 0 Å². The van der Waals surface area contributed by atoms with Gasteiger partial charge in [0.05, 0.1) is 0 Å². The summed E-state index contributed by atoms with van der Waals surface area (Å²) in [6.45, 7) is 0.972. The summed E-state index contributed by atoms with van der Waals surface area (Å²) in [6.07, 6.45) is 0. The average molecular weight is 137 g/mol. The standard InChI is InChI=1S/C2H4O2.FH.Ni/c1-2(3)4;;/h1H3,(H,3,4);1H;/q;;+2/p-2. The molecule has 0 aromatic heterocycles. The van der Waals surface area contributed by atoms with Gasteiger partial charge in [0.1, 0.15) is 0 Å². The van der Waals surface area contributed by atoms with Crippen molar-refractivity contribution in [3.8, 4) is 0 Å². The third-order valence-corrected chi connectivity index (χ3v) is 0. The van der Waals surface area contributed by atoms with Crippen LogP contribution >= 0.6 is 0 Å². The summed E-state index contributed by atoms with van der Waals surface area (Å²) in [4.78, 5) is 8.89. The number of carboxylic acid groups (broad SMARTS) is 1. The molecular formula is C2H3FNiO2. The average Bonchev–Trinajstić information content (AvgIpc) is 0.811. The molecule has 0 atom stereocenters. The molecule has 0 radical (unpaired) electrons. The minimum atomic E-state index is -1.08. The molecule has 0 aliphatic rings. The van der Waals surface area contributed by atoms with Crippen LogP contribution in [0.1, 0.15) is 6.92 Å². The second kappa shape index (κ2) is 8.86. The van der Waals surface area contributed by atoms with E-state index in [-0.39, 0.29) is 21.2 Å². The Labute approximate surface area is 44.8 Å². The Bertz CT molecular complexity index is 34.5.